The minimum atomic E-state index is -1.04. The molecule has 0 saturated carbocycles. The van der Waals surface area contributed by atoms with Crippen molar-refractivity contribution in [1.82, 2.24) is 0 Å². The third kappa shape index (κ3) is 2.40. The molecular formula is C9H6F2N2O2. The molecule has 0 unspecified atom stereocenters. The standard InChI is InChI=1S/C9H6F2N2O2/c1-2-3-12-9-7(10)4-6(13(14)15)5-8(9)11/h1,4-5,12H,3H2. The summed E-state index contributed by atoms with van der Waals surface area (Å²) < 4.78 is 26.2. The lowest BCUT2D eigenvalue weighted by molar-refractivity contribution is -0.385. The topological polar surface area (TPSA) is 55.2 Å². The van der Waals surface area contributed by atoms with Gasteiger partial charge in [-0.25, -0.2) is 8.78 Å². The first kappa shape index (κ1) is 10.9. The van der Waals surface area contributed by atoms with Crippen molar-refractivity contribution in [1.29, 1.82) is 0 Å². The summed E-state index contributed by atoms with van der Waals surface area (Å²) in [5, 5.41) is 12.5. The zero-order valence-corrected chi connectivity index (χ0v) is 7.46. The number of nitro groups is 1. The number of hydrogen-bond donors (Lipinski definition) is 1. The van der Waals surface area contributed by atoms with Crippen LogP contribution in [0.2, 0.25) is 0 Å². The quantitative estimate of drug-likeness (QED) is 0.473. The summed E-state index contributed by atoms with van der Waals surface area (Å²) in [5.74, 6) is 0.0407. The second-order valence-corrected chi connectivity index (χ2v) is 2.60. The summed E-state index contributed by atoms with van der Waals surface area (Å²) >= 11 is 0. The van der Waals surface area contributed by atoms with E-state index < -0.39 is 27.9 Å². The predicted molar refractivity (Wildman–Crippen MR) is 50.3 cm³/mol. The van der Waals surface area contributed by atoms with Gasteiger partial charge in [-0.1, -0.05) is 5.92 Å². The summed E-state index contributed by atoms with van der Waals surface area (Å²) in [4.78, 5) is 9.37. The van der Waals surface area contributed by atoms with E-state index in [0.717, 1.165) is 0 Å². The van der Waals surface area contributed by atoms with Crippen LogP contribution < -0.4 is 5.32 Å². The molecule has 0 atom stereocenters. The van der Waals surface area contributed by atoms with E-state index in [4.69, 9.17) is 6.42 Å². The highest BCUT2D eigenvalue weighted by Crippen LogP contribution is 2.24. The van der Waals surface area contributed by atoms with Crippen LogP contribution in [0.1, 0.15) is 0 Å². The average molecular weight is 212 g/mol. The Labute approximate surface area is 84.1 Å². The van der Waals surface area contributed by atoms with Crippen molar-refractivity contribution in [2.24, 2.45) is 0 Å². The van der Waals surface area contributed by atoms with Crippen molar-refractivity contribution in [3.8, 4) is 12.3 Å². The molecule has 78 valence electrons. The zero-order valence-electron chi connectivity index (χ0n) is 7.46. The molecule has 0 aliphatic carbocycles. The van der Waals surface area contributed by atoms with Gasteiger partial charge in [-0.2, -0.15) is 0 Å². The third-order valence-corrected chi connectivity index (χ3v) is 1.60. The Bertz CT molecular complexity index is 417. The molecule has 0 fully saturated rings. The van der Waals surface area contributed by atoms with Gasteiger partial charge in [0.1, 0.15) is 5.69 Å². The Morgan fingerprint density at radius 1 is 1.47 bits per heavy atom. The first-order valence-electron chi connectivity index (χ1n) is 3.87. The number of benzene rings is 1. The number of non-ortho nitro benzene ring substituents is 1. The number of rotatable bonds is 3. The normalized spacial score (nSPS) is 9.40. The highest BCUT2D eigenvalue weighted by Gasteiger charge is 2.16. The van der Waals surface area contributed by atoms with Crippen LogP contribution in [0.3, 0.4) is 0 Å². The van der Waals surface area contributed by atoms with Gasteiger partial charge in [0.15, 0.2) is 11.6 Å². The van der Waals surface area contributed by atoms with Crippen molar-refractivity contribution in [2.45, 2.75) is 0 Å². The minimum Gasteiger partial charge on any atom is -0.369 e. The Balaban J connectivity index is 3.11. The maximum atomic E-state index is 13.1. The molecule has 4 nitrogen and oxygen atoms in total. The highest BCUT2D eigenvalue weighted by molar-refractivity contribution is 5.52. The first-order chi connectivity index (χ1) is 7.06. The molecule has 0 aliphatic heterocycles. The van der Waals surface area contributed by atoms with E-state index in [1.165, 1.54) is 0 Å². The Hall–Kier alpha value is -2.16. The maximum Gasteiger partial charge on any atom is 0.275 e. The molecule has 1 rings (SSSR count). The Morgan fingerprint density at radius 2 is 2.00 bits per heavy atom. The number of anilines is 1. The van der Waals surface area contributed by atoms with E-state index in [1.807, 2.05) is 0 Å². The largest absolute Gasteiger partial charge is 0.369 e. The number of halogens is 2. The van der Waals surface area contributed by atoms with Crippen LogP contribution in [-0.2, 0) is 0 Å². The number of nitro benzene ring substituents is 1. The Morgan fingerprint density at radius 3 is 2.40 bits per heavy atom. The molecule has 0 amide bonds. The smallest absolute Gasteiger partial charge is 0.275 e. The van der Waals surface area contributed by atoms with Gasteiger partial charge in [0.05, 0.1) is 23.6 Å². The molecule has 15 heavy (non-hydrogen) atoms. The molecule has 0 aliphatic rings. The van der Waals surface area contributed by atoms with E-state index in [-0.39, 0.29) is 6.54 Å². The van der Waals surface area contributed by atoms with Crippen molar-refractivity contribution in [2.75, 3.05) is 11.9 Å². The monoisotopic (exact) mass is 212 g/mol. The summed E-state index contributed by atoms with van der Waals surface area (Å²) in [5.41, 5.74) is -1.10. The molecule has 0 spiro atoms. The first-order valence-corrected chi connectivity index (χ1v) is 3.87. The lowest BCUT2D eigenvalue weighted by atomic mass is 10.2. The van der Waals surface area contributed by atoms with Gasteiger partial charge in [0.25, 0.3) is 5.69 Å². The minimum absolute atomic E-state index is 0.0638. The van der Waals surface area contributed by atoms with Crippen LogP contribution in [-0.4, -0.2) is 11.5 Å². The average Bonchev–Trinajstić information content (AvgIpc) is 2.16. The van der Waals surface area contributed by atoms with E-state index in [9.17, 15) is 18.9 Å². The van der Waals surface area contributed by atoms with Crippen molar-refractivity contribution < 1.29 is 13.7 Å². The number of nitrogens with one attached hydrogen (secondary N) is 1. The van der Waals surface area contributed by atoms with Crippen LogP contribution in [0.5, 0.6) is 0 Å². The number of hydrogen-bond acceptors (Lipinski definition) is 3. The number of nitrogens with zero attached hydrogens (tertiary/aromatic N) is 1. The Kier molecular flexibility index (Phi) is 3.18. The number of terminal acetylenes is 1. The van der Waals surface area contributed by atoms with Crippen LogP contribution in [0.15, 0.2) is 12.1 Å². The molecule has 0 saturated heterocycles. The summed E-state index contributed by atoms with van der Waals surface area (Å²) in [6.45, 7) is -0.0638. The SMILES string of the molecule is C#CCNc1c(F)cc([N+](=O)[O-])cc1F. The van der Waals surface area contributed by atoms with E-state index in [2.05, 4.69) is 11.2 Å². The van der Waals surface area contributed by atoms with E-state index >= 15 is 0 Å². The summed E-state index contributed by atoms with van der Waals surface area (Å²) in [6.07, 6.45) is 4.89. The molecule has 0 heterocycles. The third-order valence-electron chi connectivity index (χ3n) is 1.60. The fraction of sp³-hybridized carbons (Fsp3) is 0.111. The van der Waals surface area contributed by atoms with Crippen LogP contribution in [0.25, 0.3) is 0 Å². The van der Waals surface area contributed by atoms with Gasteiger partial charge in [-0.3, -0.25) is 10.1 Å². The summed E-state index contributed by atoms with van der Waals surface area (Å²) in [7, 11) is 0. The molecular weight excluding hydrogens is 206 g/mol. The lowest BCUT2D eigenvalue weighted by Crippen LogP contribution is -2.04. The van der Waals surface area contributed by atoms with Crippen molar-refractivity contribution >= 4 is 11.4 Å². The maximum absolute atomic E-state index is 13.1. The van der Waals surface area contributed by atoms with Crippen LogP contribution >= 0.6 is 0 Å². The molecule has 0 bridgehead atoms. The van der Waals surface area contributed by atoms with Crippen molar-refractivity contribution in [3.63, 3.8) is 0 Å². The molecule has 6 heteroatoms. The van der Waals surface area contributed by atoms with Gasteiger partial charge < -0.3 is 5.32 Å². The fourth-order valence-electron chi connectivity index (χ4n) is 0.973. The fourth-order valence-corrected chi connectivity index (χ4v) is 0.973. The lowest BCUT2D eigenvalue weighted by Gasteiger charge is -2.05. The second-order valence-electron chi connectivity index (χ2n) is 2.60. The molecule has 0 aromatic heterocycles. The molecule has 1 aromatic carbocycles. The molecule has 1 N–H and O–H groups in total. The van der Waals surface area contributed by atoms with Crippen LogP contribution in [0.4, 0.5) is 20.2 Å². The van der Waals surface area contributed by atoms with Gasteiger partial charge in [-0.15, -0.1) is 6.42 Å². The van der Waals surface area contributed by atoms with E-state index in [0.29, 0.717) is 12.1 Å². The van der Waals surface area contributed by atoms with Crippen molar-refractivity contribution in [3.05, 3.63) is 33.9 Å². The van der Waals surface area contributed by atoms with E-state index in [1.54, 1.807) is 0 Å². The van der Waals surface area contributed by atoms with Gasteiger partial charge in [0.2, 0.25) is 0 Å². The van der Waals surface area contributed by atoms with Gasteiger partial charge in [-0.05, 0) is 0 Å². The second kappa shape index (κ2) is 4.37. The van der Waals surface area contributed by atoms with Crippen LogP contribution in [0, 0.1) is 34.1 Å². The highest BCUT2D eigenvalue weighted by atomic mass is 19.1. The molecule has 0 radical (unpaired) electrons. The van der Waals surface area contributed by atoms with Gasteiger partial charge in [0, 0.05) is 0 Å². The molecule has 1 aromatic rings. The summed E-state index contributed by atoms with van der Waals surface area (Å²) in [6, 6.07) is 1.25. The predicted octanol–water partition coefficient (Wildman–Crippen LogP) is 1.92. The van der Waals surface area contributed by atoms with Gasteiger partial charge >= 0.3 is 0 Å². The zero-order chi connectivity index (χ0) is 11.4.